The van der Waals surface area contributed by atoms with Gasteiger partial charge in [-0.2, -0.15) is 0 Å². The van der Waals surface area contributed by atoms with Gasteiger partial charge in [0, 0.05) is 22.1 Å². The van der Waals surface area contributed by atoms with Gasteiger partial charge in [-0.05, 0) is 36.8 Å². The Morgan fingerprint density at radius 2 is 2.05 bits per heavy atom. The lowest BCUT2D eigenvalue weighted by Gasteiger charge is -2.28. The van der Waals surface area contributed by atoms with Crippen molar-refractivity contribution in [1.82, 2.24) is 0 Å². The lowest BCUT2D eigenvalue weighted by Crippen LogP contribution is -2.20. The number of rotatable bonds is 2. The van der Waals surface area contributed by atoms with E-state index >= 15 is 0 Å². The number of para-hydroxylation sites is 1. The van der Waals surface area contributed by atoms with E-state index in [0.717, 1.165) is 23.2 Å². The molecule has 0 saturated heterocycles. The maximum Gasteiger partial charge on any atom is 0.124 e. The molecule has 1 aliphatic rings. The van der Waals surface area contributed by atoms with Gasteiger partial charge < -0.3 is 10.1 Å². The van der Waals surface area contributed by atoms with Crippen molar-refractivity contribution in [2.45, 2.75) is 19.4 Å². The zero-order valence-corrected chi connectivity index (χ0v) is 12.4. The highest BCUT2D eigenvalue weighted by atomic mass is 79.9. The molecule has 2 aromatic carbocycles. The molecular weight excluding hydrogens is 302 g/mol. The number of halogens is 1. The van der Waals surface area contributed by atoms with E-state index in [4.69, 9.17) is 4.74 Å². The van der Waals surface area contributed by atoms with Gasteiger partial charge in [-0.1, -0.05) is 34.1 Å². The fraction of sp³-hybridized carbons (Fsp3) is 0.250. The second-order valence-electron chi connectivity index (χ2n) is 4.83. The minimum absolute atomic E-state index is 0.324. The molecule has 1 heterocycles. The third-order valence-corrected chi connectivity index (χ3v) is 3.97. The Morgan fingerprint density at radius 1 is 1.21 bits per heavy atom. The summed E-state index contributed by atoms with van der Waals surface area (Å²) in [6, 6.07) is 14.9. The van der Waals surface area contributed by atoms with E-state index in [9.17, 15) is 0 Å². The number of anilines is 1. The minimum atomic E-state index is 0.324. The van der Waals surface area contributed by atoms with Crippen molar-refractivity contribution in [3.8, 4) is 5.75 Å². The summed E-state index contributed by atoms with van der Waals surface area (Å²) >= 11 is 3.50. The van der Waals surface area contributed by atoms with Crippen molar-refractivity contribution in [2.75, 3.05) is 11.9 Å². The van der Waals surface area contributed by atoms with Crippen LogP contribution in [0.25, 0.3) is 0 Å². The summed E-state index contributed by atoms with van der Waals surface area (Å²) < 4.78 is 6.81. The molecule has 19 heavy (non-hydrogen) atoms. The van der Waals surface area contributed by atoms with Crippen LogP contribution in [0.15, 0.2) is 46.9 Å². The molecule has 1 aliphatic heterocycles. The molecule has 2 nitrogen and oxygen atoms in total. The van der Waals surface area contributed by atoms with Crippen molar-refractivity contribution in [2.24, 2.45) is 0 Å². The summed E-state index contributed by atoms with van der Waals surface area (Å²) in [6.45, 7) is 2.89. The average Bonchev–Trinajstić information content (AvgIpc) is 2.42. The van der Waals surface area contributed by atoms with E-state index in [1.165, 1.54) is 16.8 Å². The molecule has 3 heteroatoms. The van der Waals surface area contributed by atoms with E-state index in [0.29, 0.717) is 6.04 Å². The molecule has 0 amide bonds. The second-order valence-corrected chi connectivity index (χ2v) is 5.75. The molecular formula is C16H16BrNO. The average molecular weight is 318 g/mol. The number of aryl methyl sites for hydroxylation is 1. The van der Waals surface area contributed by atoms with Crippen LogP contribution >= 0.6 is 15.9 Å². The van der Waals surface area contributed by atoms with Gasteiger partial charge in [-0.15, -0.1) is 0 Å². The van der Waals surface area contributed by atoms with Crippen LogP contribution < -0.4 is 10.1 Å². The second kappa shape index (κ2) is 5.25. The Balaban J connectivity index is 1.88. The molecule has 0 aliphatic carbocycles. The van der Waals surface area contributed by atoms with E-state index in [1.54, 1.807) is 0 Å². The third kappa shape index (κ3) is 2.61. The number of benzene rings is 2. The highest BCUT2D eigenvalue weighted by molar-refractivity contribution is 9.10. The molecule has 1 atom stereocenters. The molecule has 1 N–H and O–H groups in total. The molecule has 1 unspecified atom stereocenters. The van der Waals surface area contributed by atoms with Crippen LogP contribution in [0.1, 0.15) is 23.6 Å². The molecule has 98 valence electrons. The predicted octanol–water partition coefficient (Wildman–Crippen LogP) is 4.69. The van der Waals surface area contributed by atoms with Crippen molar-refractivity contribution in [3.05, 3.63) is 58.1 Å². The van der Waals surface area contributed by atoms with E-state index in [1.807, 2.05) is 12.1 Å². The van der Waals surface area contributed by atoms with Gasteiger partial charge in [0.05, 0.1) is 12.6 Å². The zero-order valence-electron chi connectivity index (χ0n) is 10.8. The first-order valence-electron chi connectivity index (χ1n) is 6.48. The molecule has 0 spiro atoms. The quantitative estimate of drug-likeness (QED) is 0.867. The van der Waals surface area contributed by atoms with Crippen LogP contribution in [-0.2, 0) is 0 Å². The molecule has 0 radical (unpaired) electrons. The Morgan fingerprint density at radius 3 is 2.89 bits per heavy atom. The Bertz CT molecular complexity index is 597. The topological polar surface area (TPSA) is 21.3 Å². The van der Waals surface area contributed by atoms with Gasteiger partial charge in [-0.25, -0.2) is 0 Å². The molecule has 3 rings (SSSR count). The van der Waals surface area contributed by atoms with Gasteiger partial charge >= 0.3 is 0 Å². The summed E-state index contributed by atoms with van der Waals surface area (Å²) in [5, 5.41) is 3.63. The van der Waals surface area contributed by atoms with E-state index < -0.39 is 0 Å². The maximum atomic E-state index is 5.69. The van der Waals surface area contributed by atoms with E-state index in [2.05, 4.69) is 58.5 Å². The minimum Gasteiger partial charge on any atom is -0.493 e. The van der Waals surface area contributed by atoms with Gasteiger partial charge in [0.1, 0.15) is 5.75 Å². The number of hydrogen-bond donors (Lipinski definition) is 1. The number of fused-ring (bicyclic) bond motifs is 1. The number of ether oxygens (including phenoxy) is 1. The first-order chi connectivity index (χ1) is 9.24. The van der Waals surface area contributed by atoms with Crippen LogP contribution in [0.4, 0.5) is 5.69 Å². The fourth-order valence-electron chi connectivity index (χ4n) is 2.47. The van der Waals surface area contributed by atoms with Crippen molar-refractivity contribution >= 4 is 21.6 Å². The third-order valence-electron chi connectivity index (χ3n) is 3.48. The SMILES string of the molecule is Cc1cc(Br)ccc1NC1CCOc2ccccc21. The van der Waals surface area contributed by atoms with Crippen LogP contribution in [0, 0.1) is 6.92 Å². The van der Waals surface area contributed by atoms with Gasteiger partial charge in [0.25, 0.3) is 0 Å². The first kappa shape index (κ1) is 12.5. The Labute approximate surface area is 121 Å². The van der Waals surface area contributed by atoms with Gasteiger partial charge in [-0.3, -0.25) is 0 Å². The normalized spacial score (nSPS) is 17.5. The lowest BCUT2D eigenvalue weighted by atomic mass is 10.00. The van der Waals surface area contributed by atoms with Crippen molar-refractivity contribution < 1.29 is 4.74 Å². The lowest BCUT2D eigenvalue weighted by molar-refractivity contribution is 0.274. The standard InChI is InChI=1S/C16H16BrNO/c1-11-10-12(17)6-7-14(11)18-15-8-9-19-16-5-3-2-4-13(15)16/h2-7,10,15,18H,8-9H2,1H3. The first-order valence-corrected chi connectivity index (χ1v) is 7.28. The monoisotopic (exact) mass is 317 g/mol. The fourth-order valence-corrected chi connectivity index (χ4v) is 2.94. The summed E-state index contributed by atoms with van der Waals surface area (Å²) in [4.78, 5) is 0. The summed E-state index contributed by atoms with van der Waals surface area (Å²) in [5.41, 5.74) is 3.68. The Hall–Kier alpha value is -1.48. The predicted molar refractivity (Wildman–Crippen MR) is 81.8 cm³/mol. The molecule has 0 aromatic heterocycles. The number of hydrogen-bond acceptors (Lipinski definition) is 2. The van der Waals surface area contributed by atoms with Crippen LogP contribution in [0.2, 0.25) is 0 Å². The van der Waals surface area contributed by atoms with Crippen molar-refractivity contribution in [3.63, 3.8) is 0 Å². The smallest absolute Gasteiger partial charge is 0.124 e. The maximum absolute atomic E-state index is 5.69. The molecule has 0 fully saturated rings. The van der Waals surface area contributed by atoms with Gasteiger partial charge in [0.15, 0.2) is 0 Å². The van der Waals surface area contributed by atoms with Crippen LogP contribution in [0.5, 0.6) is 5.75 Å². The molecule has 0 saturated carbocycles. The van der Waals surface area contributed by atoms with Crippen molar-refractivity contribution in [1.29, 1.82) is 0 Å². The number of nitrogens with one attached hydrogen (secondary N) is 1. The summed E-state index contributed by atoms with van der Waals surface area (Å²) in [6.07, 6.45) is 0.993. The van der Waals surface area contributed by atoms with E-state index in [-0.39, 0.29) is 0 Å². The Kier molecular flexibility index (Phi) is 3.47. The van der Waals surface area contributed by atoms with Crippen LogP contribution in [-0.4, -0.2) is 6.61 Å². The van der Waals surface area contributed by atoms with Gasteiger partial charge in [0.2, 0.25) is 0 Å². The molecule has 0 bridgehead atoms. The highest BCUT2D eigenvalue weighted by Gasteiger charge is 2.21. The summed E-state index contributed by atoms with van der Waals surface area (Å²) in [5.74, 6) is 1.00. The summed E-state index contributed by atoms with van der Waals surface area (Å²) in [7, 11) is 0. The van der Waals surface area contributed by atoms with Crippen LogP contribution in [0.3, 0.4) is 0 Å². The zero-order chi connectivity index (χ0) is 13.2. The largest absolute Gasteiger partial charge is 0.493 e. The highest BCUT2D eigenvalue weighted by Crippen LogP contribution is 2.35. The molecule has 2 aromatic rings.